The number of nitrogens with zero attached hydrogens (tertiary/aromatic N) is 2. The van der Waals surface area contributed by atoms with Gasteiger partial charge in [-0.1, -0.05) is 55.3 Å². The molecular weight excluding hydrogens is 504 g/mol. The SMILES string of the molecule is C.CN=C(CCC(C)=O)c1ccc2c(c1)OCCCO2.Cc1nc(-c2ccccc2)c(CC2=C=C=CC=C2)s1. The summed E-state index contributed by atoms with van der Waals surface area (Å²) in [6.45, 7) is 5.01. The second kappa shape index (κ2) is 14.8. The summed E-state index contributed by atoms with van der Waals surface area (Å²) in [6, 6.07) is 16.2. The molecule has 0 N–H and O–H groups in total. The van der Waals surface area contributed by atoms with Crippen molar-refractivity contribution >= 4 is 22.8 Å². The number of ketones is 1. The molecule has 3 aromatic rings. The average Bonchev–Trinajstić information content (AvgIpc) is 3.14. The van der Waals surface area contributed by atoms with Crippen LogP contribution in [0.4, 0.5) is 0 Å². The van der Waals surface area contributed by atoms with E-state index in [1.165, 1.54) is 10.4 Å². The molecule has 6 heteroatoms. The Labute approximate surface area is 236 Å². The van der Waals surface area contributed by atoms with Gasteiger partial charge in [-0.05, 0) is 56.2 Å². The molecular formula is C33H36N2O3S. The van der Waals surface area contributed by atoms with Gasteiger partial charge in [-0.25, -0.2) is 4.98 Å². The zero-order chi connectivity index (χ0) is 26.7. The molecule has 5 nitrogen and oxygen atoms in total. The molecule has 2 aliphatic rings. The van der Waals surface area contributed by atoms with Crippen molar-refractivity contribution in [3.8, 4) is 22.8 Å². The number of carbonyl (C=O) groups excluding carboxylic acids is 1. The highest BCUT2D eigenvalue weighted by molar-refractivity contribution is 7.12. The summed E-state index contributed by atoms with van der Waals surface area (Å²) < 4.78 is 11.3. The minimum atomic E-state index is 0. The summed E-state index contributed by atoms with van der Waals surface area (Å²) in [5, 5.41) is 1.11. The van der Waals surface area contributed by atoms with E-state index in [4.69, 9.17) is 9.47 Å². The third-order valence-electron chi connectivity index (χ3n) is 5.98. The maximum atomic E-state index is 11.1. The van der Waals surface area contributed by atoms with Gasteiger partial charge in [0, 0.05) is 48.0 Å². The number of thiazole rings is 1. The molecule has 5 rings (SSSR count). The molecule has 0 unspecified atom stereocenters. The van der Waals surface area contributed by atoms with E-state index >= 15 is 0 Å². The molecule has 0 amide bonds. The number of hydrogen-bond donors (Lipinski definition) is 0. The highest BCUT2D eigenvalue weighted by atomic mass is 32.1. The van der Waals surface area contributed by atoms with Gasteiger partial charge in [-0.3, -0.25) is 4.99 Å². The standard InChI is InChI=1S/C17H13NS.C15H19NO3.CH4/c1-13-18-17(15-10-6-3-7-11-15)16(19-13)12-14-8-4-2-5-9-14;1-11(17)4-6-13(16-2)12-5-7-14-15(10-12)19-9-3-8-18-14;/h2-4,6-8,10-11H,12H2,1H3;5,7,10H,3-4,6,8-9H2,1-2H3;1H4. The van der Waals surface area contributed by atoms with Gasteiger partial charge < -0.3 is 14.3 Å². The van der Waals surface area contributed by atoms with Crippen LogP contribution >= 0.6 is 11.3 Å². The van der Waals surface area contributed by atoms with Gasteiger partial charge >= 0.3 is 0 Å². The lowest BCUT2D eigenvalue weighted by molar-refractivity contribution is -0.116. The van der Waals surface area contributed by atoms with Crippen LogP contribution in [0.1, 0.15) is 49.1 Å². The first-order chi connectivity index (χ1) is 18.5. The largest absolute Gasteiger partial charge is 0.490 e. The molecule has 39 heavy (non-hydrogen) atoms. The fourth-order valence-electron chi connectivity index (χ4n) is 4.10. The van der Waals surface area contributed by atoms with Crippen molar-refractivity contribution in [1.82, 2.24) is 4.98 Å². The Balaban J connectivity index is 0.000000210. The smallest absolute Gasteiger partial charge is 0.161 e. The second-order valence-electron chi connectivity index (χ2n) is 8.95. The zero-order valence-electron chi connectivity index (χ0n) is 22.1. The Morgan fingerprint density at radius 3 is 2.54 bits per heavy atom. The van der Waals surface area contributed by atoms with Crippen molar-refractivity contribution in [2.24, 2.45) is 4.99 Å². The maximum Gasteiger partial charge on any atom is 0.161 e. The van der Waals surface area contributed by atoms with Crippen LogP contribution in [-0.2, 0) is 11.2 Å². The van der Waals surface area contributed by atoms with E-state index in [0.717, 1.165) is 51.9 Å². The third kappa shape index (κ3) is 8.53. The summed E-state index contributed by atoms with van der Waals surface area (Å²) in [7, 11) is 1.75. The molecule has 202 valence electrons. The Bertz CT molecular complexity index is 1440. The topological polar surface area (TPSA) is 60.8 Å². The lowest BCUT2D eigenvalue weighted by atomic mass is 10.0. The number of ether oxygens (including phenoxy) is 2. The summed E-state index contributed by atoms with van der Waals surface area (Å²) in [5.41, 5.74) is 11.5. The molecule has 0 fully saturated rings. The van der Waals surface area contributed by atoms with Crippen LogP contribution in [0.25, 0.3) is 11.3 Å². The first-order valence-electron chi connectivity index (χ1n) is 12.8. The molecule has 1 aromatic heterocycles. The summed E-state index contributed by atoms with van der Waals surface area (Å²) in [5.74, 6) is 1.72. The number of aryl methyl sites for hydroxylation is 1. The lowest BCUT2D eigenvalue weighted by Crippen LogP contribution is -2.04. The van der Waals surface area contributed by atoms with Crippen LogP contribution in [-0.4, -0.2) is 36.7 Å². The quantitative estimate of drug-likeness (QED) is 0.227. The Kier molecular flexibility index (Phi) is 11.3. The minimum Gasteiger partial charge on any atom is -0.490 e. The first-order valence-corrected chi connectivity index (χ1v) is 13.6. The normalized spacial score (nSPS) is 13.5. The Morgan fingerprint density at radius 1 is 1.08 bits per heavy atom. The fraction of sp³-hybridized carbons (Fsp3) is 0.303. The van der Waals surface area contributed by atoms with Gasteiger partial charge in [0.25, 0.3) is 0 Å². The van der Waals surface area contributed by atoms with Crippen LogP contribution in [0.2, 0.25) is 0 Å². The van der Waals surface area contributed by atoms with E-state index in [-0.39, 0.29) is 13.2 Å². The van der Waals surface area contributed by atoms with E-state index in [2.05, 4.69) is 58.7 Å². The first kappa shape index (κ1) is 29.6. The highest BCUT2D eigenvalue weighted by Gasteiger charge is 2.14. The van der Waals surface area contributed by atoms with Gasteiger partial charge in [-0.2, -0.15) is 0 Å². The number of carbonyl (C=O) groups is 1. The molecule has 0 atom stereocenters. The molecule has 0 saturated heterocycles. The van der Waals surface area contributed by atoms with E-state index in [9.17, 15) is 4.79 Å². The van der Waals surface area contributed by atoms with Crippen LogP contribution in [0.3, 0.4) is 0 Å². The average molecular weight is 541 g/mol. The van der Waals surface area contributed by atoms with Crippen molar-refractivity contribution < 1.29 is 14.3 Å². The summed E-state index contributed by atoms with van der Waals surface area (Å²) in [6.07, 6.45) is 8.89. The second-order valence-corrected chi connectivity index (χ2v) is 10.2. The van der Waals surface area contributed by atoms with Crippen molar-refractivity contribution in [2.75, 3.05) is 20.3 Å². The van der Waals surface area contributed by atoms with Crippen LogP contribution in [0.5, 0.6) is 11.5 Å². The third-order valence-corrected chi connectivity index (χ3v) is 6.95. The summed E-state index contributed by atoms with van der Waals surface area (Å²) in [4.78, 5) is 21.3. The number of hydrogen-bond acceptors (Lipinski definition) is 6. The monoisotopic (exact) mass is 540 g/mol. The van der Waals surface area contributed by atoms with Gasteiger partial charge in [0.1, 0.15) is 5.78 Å². The van der Waals surface area contributed by atoms with E-state index < -0.39 is 0 Å². The van der Waals surface area contributed by atoms with Crippen LogP contribution in [0, 0.1) is 6.92 Å². The van der Waals surface area contributed by atoms with Crippen molar-refractivity contribution in [1.29, 1.82) is 0 Å². The predicted octanol–water partition coefficient (Wildman–Crippen LogP) is 7.74. The van der Waals surface area contributed by atoms with Gasteiger partial charge in [0.2, 0.25) is 0 Å². The molecule has 0 spiro atoms. The summed E-state index contributed by atoms with van der Waals surface area (Å²) >= 11 is 1.76. The van der Waals surface area contributed by atoms with Gasteiger partial charge in [-0.15, -0.1) is 11.3 Å². The van der Waals surface area contributed by atoms with Crippen molar-refractivity contribution in [2.45, 2.75) is 47.0 Å². The number of benzene rings is 2. The fourth-order valence-corrected chi connectivity index (χ4v) is 5.08. The van der Waals surface area contributed by atoms with Crippen LogP contribution < -0.4 is 9.47 Å². The molecule has 1 aliphatic carbocycles. The minimum absolute atomic E-state index is 0. The van der Waals surface area contributed by atoms with E-state index in [1.807, 2.05) is 36.4 Å². The highest BCUT2D eigenvalue weighted by Crippen LogP contribution is 2.31. The molecule has 2 heterocycles. The number of Topliss-reactive ketones (excluding diaryl/α,β-unsaturated/α-hetero) is 1. The van der Waals surface area contributed by atoms with Gasteiger partial charge in [0.15, 0.2) is 11.5 Å². The zero-order valence-corrected chi connectivity index (χ0v) is 22.9. The number of aromatic nitrogens is 1. The number of aliphatic imine (C=N–C) groups is 1. The van der Waals surface area contributed by atoms with E-state index in [1.54, 1.807) is 25.3 Å². The Hall–Kier alpha value is -3.95. The molecule has 2 aromatic carbocycles. The van der Waals surface area contributed by atoms with Crippen molar-refractivity contribution in [3.05, 3.63) is 99.2 Å². The molecule has 0 radical (unpaired) electrons. The lowest BCUT2D eigenvalue weighted by Gasteiger charge is -2.10. The Morgan fingerprint density at radius 2 is 1.85 bits per heavy atom. The number of fused-ring (bicyclic) bond motifs is 1. The maximum absolute atomic E-state index is 11.1. The predicted molar refractivity (Wildman–Crippen MR) is 161 cm³/mol. The van der Waals surface area contributed by atoms with E-state index in [0.29, 0.717) is 26.1 Å². The molecule has 0 saturated carbocycles. The number of rotatable bonds is 7. The van der Waals surface area contributed by atoms with Crippen LogP contribution in [0.15, 0.2) is 88.8 Å². The van der Waals surface area contributed by atoms with Crippen molar-refractivity contribution in [3.63, 3.8) is 0 Å². The van der Waals surface area contributed by atoms with Gasteiger partial charge in [0.05, 0.1) is 23.9 Å². The molecule has 1 aliphatic heterocycles. The number of allylic oxidation sites excluding steroid dienone is 4. The molecule has 0 bridgehead atoms.